The van der Waals surface area contributed by atoms with Crippen LogP contribution in [0.15, 0.2) is 30.3 Å². The Balaban J connectivity index is 1.62. The van der Waals surface area contributed by atoms with Crippen LogP contribution in [0, 0.1) is 0 Å². The Labute approximate surface area is 127 Å². The molecule has 0 radical (unpaired) electrons. The van der Waals surface area contributed by atoms with Crippen molar-refractivity contribution in [3.8, 4) is 0 Å². The van der Waals surface area contributed by atoms with E-state index in [-0.39, 0.29) is 12.5 Å². The number of aliphatic hydroxyl groups excluding tert-OH is 1. The Kier molecular flexibility index (Phi) is 6.70. The monoisotopic (exact) mass is 290 g/mol. The third kappa shape index (κ3) is 5.48. The minimum Gasteiger partial charge on any atom is -0.395 e. The van der Waals surface area contributed by atoms with Crippen molar-refractivity contribution >= 4 is 5.91 Å². The van der Waals surface area contributed by atoms with Crippen molar-refractivity contribution in [2.24, 2.45) is 0 Å². The minimum absolute atomic E-state index is 0.0726. The molecule has 0 atom stereocenters. The molecule has 2 rings (SSSR count). The van der Waals surface area contributed by atoms with Crippen molar-refractivity contribution in [2.45, 2.75) is 38.1 Å². The van der Waals surface area contributed by atoms with E-state index in [4.69, 9.17) is 5.11 Å². The van der Waals surface area contributed by atoms with Gasteiger partial charge in [-0.3, -0.25) is 9.69 Å². The second-order valence-corrected chi connectivity index (χ2v) is 5.72. The molecule has 1 aromatic rings. The number of benzene rings is 1. The van der Waals surface area contributed by atoms with Gasteiger partial charge in [0.1, 0.15) is 0 Å². The fourth-order valence-corrected chi connectivity index (χ4v) is 2.68. The maximum Gasteiger partial charge on any atom is 0.234 e. The topological polar surface area (TPSA) is 52.6 Å². The first-order chi connectivity index (χ1) is 10.3. The normalized spacial score (nSPS) is 15.0. The summed E-state index contributed by atoms with van der Waals surface area (Å²) in [5.41, 5.74) is 1.31. The van der Waals surface area contributed by atoms with Gasteiger partial charge in [0.25, 0.3) is 0 Å². The zero-order valence-corrected chi connectivity index (χ0v) is 12.6. The average Bonchev–Trinajstić information content (AvgIpc) is 2.43. The van der Waals surface area contributed by atoms with Crippen molar-refractivity contribution in [3.63, 3.8) is 0 Å². The van der Waals surface area contributed by atoms with E-state index in [9.17, 15) is 4.79 Å². The van der Waals surface area contributed by atoms with Crippen LogP contribution in [0.3, 0.4) is 0 Å². The molecule has 1 fully saturated rings. The number of aliphatic hydroxyl groups is 1. The van der Waals surface area contributed by atoms with Crippen LogP contribution in [-0.4, -0.2) is 48.2 Å². The van der Waals surface area contributed by atoms with Crippen LogP contribution in [0.1, 0.15) is 31.2 Å². The highest BCUT2D eigenvalue weighted by Gasteiger charge is 2.25. The number of hydrogen-bond acceptors (Lipinski definition) is 3. The number of carbonyl (C=O) groups is 1. The molecule has 0 unspecified atom stereocenters. The Hall–Kier alpha value is -1.39. The van der Waals surface area contributed by atoms with Gasteiger partial charge in [-0.15, -0.1) is 0 Å². The summed E-state index contributed by atoms with van der Waals surface area (Å²) in [6, 6.07) is 10.8. The Bertz CT molecular complexity index is 418. The second kappa shape index (κ2) is 8.80. The summed E-state index contributed by atoms with van der Waals surface area (Å²) in [5, 5.41) is 12.1. The molecule has 0 saturated heterocycles. The van der Waals surface area contributed by atoms with Crippen molar-refractivity contribution in [3.05, 3.63) is 35.9 Å². The smallest absolute Gasteiger partial charge is 0.234 e. The molecular weight excluding hydrogens is 264 g/mol. The summed E-state index contributed by atoms with van der Waals surface area (Å²) in [4.78, 5) is 14.1. The van der Waals surface area contributed by atoms with Crippen molar-refractivity contribution in [1.29, 1.82) is 0 Å². The summed E-state index contributed by atoms with van der Waals surface area (Å²) >= 11 is 0. The van der Waals surface area contributed by atoms with Crippen LogP contribution < -0.4 is 5.32 Å². The molecule has 0 bridgehead atoms. The molecule has 1 aliphatic rings. The minimum atomic E-state index is 0.0726. The maximum atomic E-state index is 11.9. The lowest BCUT2D eigenvalue weighted by molar-refractivity contribution is -0.123. The average molecular weight is 290 g/mol. The molecule has 0 aliphatic heterocycles. The van der Waals surface area contributed by atoms with Crippen molar-refractivity contribution in [2.75, 3.05) is 26.2 Å². The van der Waals surface area contributed by atoms with E-state index in [1.807, 2.05) is 18.2 Å². The van der Waals surface area contributed by atoms with Crippen LogP contribution in [-0.2, 0) is 11.2 Å². The number of rotatable bonds is 9. The Morgan fingerprint density at radius 3 is 2.67 bits per heavy atom. The summed E-state index contributed by atoms with van der Waals surface area (Å²) in [6.07, 6.45) is 5.50. The molecule has 21 heavy (non-hydrogen) atoms. The lowest BCUT2D eigenvalue weighted by atomic mass is 9.91. The zero-order valence-electron chi connectivity index (χ0n) is 12.6. The van der Waals surface area contributed by atoms with E-state index in [1.54, 1.807) is 0 Å². The van der Waals surface area contributed by atoms with Crippen LogP contribution in [0.25, 0.3) is 0 Å². The summed E-state index contributed by atoms with van der Waals surface area (Å²) in [5.74, 6) is 0.0726. The lowest BCUT2D eigenvalue weighted by Crippen LogP contribution is -2.47. The number of carbonyl (C=O) groups excluding carboxylic acids is 1. The summed E-state index contributed by atoms with van der Waals surface area (Å²) in [6.45, 7) is 1.85. The van der Waals surface area contributed by atoms with Gasteiger partial charge in [-0.1, -0.05) is 36.8 Å². The quantitative estimate of drug-likeness (QED) is 0.679. The van der Waals surface area contributed by atoms with Crippen molar-refractivity contribution in [1.82, 2.24) is 10.2 Å². The van der Waals surface area contributed by atoms with E-state index >= 15 is 0 Å². The van der Waals surface area contributed by atoms with E-state index < -0.39 is 0 Å². The zero-order chi connectivity index (χ0) is 14.9. The van der Waals surface area contributed by atoms with Crippen LogP contribution in [0.2, 0.25) is 0 Å². The van der Waals surface area contributed by atoms with Gasteiger partial charge in [-0.25, -0.2) is 0 Å². The summed E-state index contributed by atoms with van der Waals surface area (Å²) < 4.78 is 0. The van der Waals surface area contributed by atoms with Gasteiger partial charge in [0.2, 0.25) is 5.91 Å². The second-order valence-electron chi connectivity index (χ2n) is 5.72. The fourth-order valence-electron chi connectivity index (χ4n) is 2.68. The van der Waals surface area contributed by atoms with Crippen molar-refractivity contribution < 1.29 is 9.90 Å². The van der Waals surface area contributed by atoms with Gasteiger partial charge in [-0.2, -0.15) is 0 Å². The van der Waals surface area contributed by atoms with Gasteiger partial charge in [-0.05, 0) is 31.2 Å². The van der Waals surface area contributed by atoms with Gasteiger partial charge < -0.3 is 10.4 Å². The third-order valence-electron chi connectivity index (χ3n) is 4.13. The molecular formula is C17H26N2O2. The maximum absolute atomic E-state index is 11.9. The first-order valence-corrected chi connectivity index (χ1v) is 7.95. The molecule has 1 amide bonds. The van der Waals surface area contributed by atoms with Gasteiger partial charge in [0.05, 0.1) is 13.2 Å². The van der Waals surface area contributed by atoms with Gasteiger partial charge >= 0.3 is 0 Å². The van der Waals surface area contributed by atoms with Gasteiger partial charge in [0.15, 0.2) is 0 Å². The summed E-state index contributed by atoms with van der Waals surface area (Å²) in [7, 11) is 0. The van der Waals surface area contributed by atoms with E-state index in [1.165, 1.54) is 12.0 Å². The SMILES string of the molecule is O=C(CN(CCO)C1CCC1)NCCCc1ccccc1. The standard InChI is InChI=1S/C17H26N2O2/c20-13-12-19(16-9-4-10-16)14-17(21)18-11-5-8-15-6-2-1-3-7-15/h1-3,6-7,16,20H,4-5,8-14H2,(H,18,21). The van der Waals surface area contributed by atoms with Crippen LogP contribution in [0.5, 0.6) is 0 Å². The van der Waals surface area contributed by atoms with Crippen LogP contribution in [0.4, 0.5) is 0 Å². The first kappa shape index (κ1) is 16.0. The highest BCUT2D eigenvalue weighted by atomic mass is 16.3. The molecule has 0 heterocycles. The van der Waals surface area contributed by atoms with Gasteiger partial charge in [0, 0.05) is 19.1 Å². The third-order valence-corrected chi connectivity index (χ3v) is 4.13. The largest absolute Gasteiger partial charge is 0.395 e. The Morgan fingerprint density at radius 1 is 1.29 bits per heavy atom. The van der Waals surface area contributed by atoms with Crippen LogP contribution >= 0.6 is 0 Å². The molecule has 1 aliphatic carbocycles. The number of nitrogens with zero attached hydrogens (tertiary/aromatic N) is 1. The van der Waals surface area contributed by atoms with E-state index in [0.717, 1.165) is 25.7 Å². The number of nitrogens with one attached hydrogen (secondary N) is 1. The predicted molar refractivity (Wildman–Crippen MR) is 84.1 cm³/mol. The number of aryl methyl sites for hydroxylation is 1. The molecule has 4 heteroatoms. The molecule has 1 saturated carbocycles. The highest BCUT2D eigenvalue weighted by Crippen LogP contribution is 2.24. The first-order valence-electron chi connectivity index (χ1n) is 7.95. The molecule has 116 valence electrons. The van der Waals surface area contributed by atoms with E-state index in [0.29, 0.717) is 25.7 Å². The molecule has 4 nitrogen and oxygen atoms in total. The highest BCUT2D eigenvalue weighted by molar-refractivity contribution is 5.78. The predicted octanol–water partition coefficient (Wildman–Crippen LogP) is 1.58. The molecule has 1 aromatic carbocycles. The molecule has 0 spiro atoms. The lowest BCUT2D eigenvalue weighted by Gasteiger charge is -2.36. The fraction of sp³-hybridized carbons (Fsp3) is 0.588. The Morgan fingerprint density at radius 2 is 2.05 bits per heavy atom. The number of amides is 1. The van der Waals surface area contributed by atoms with E-state index in [2.05, 4.69) is 22.3 Å². The molecule has 0 aromatic heterocycles. The number of hydrogen-bond donors (Lipinski definition) is 2. The molecule has 2 N–H and O–H groups in total.